The number of aliphatic hydroxyl groups is 1. The van der Waals surface area contributed by atoms with Gasteiger partial charge in [-0.3, -0.25) is 0 Å². The minimum absolute atomic E-state index is 0.0190. The summed E-state index contributed by atoms with van der Waals surface area (Å²) < 4.78 is 10.8. The Bertz CT molecular complexity index is 643. The van der Waals surface area contributed by atoms with Crippen LogP contribution in [0.5, 0.6) is 11.5 Å². The molecule has 132 valence electrons. The van der Waals surface area contributed by atoms with E-state index in [2.05, 4.69) is 36.5 Å². The predicted octanol–water partition coefficient (Wildman–Crippen LogP) is 3.50. The molecule has 0 unspecified atom stereocenters. The summed E-state index contributed by atoms with van der Waals surface area (Å²) in [6.07, 6.45) is 0. The van der Waals surface area contributed by atoms with Crippen molar-refractivity contribution in [1.82, 2.24) is 10.3 Å². The summed E-state index contributed by atoms with van der Waals surface area (Å²) in [7, 11) is 1.62. The van der Waals surface area contributed by atoms with Crippen LogP contribution in [0.3, 0.4) is 0 Å². The number of ether oxygens (including phenoxy) is 2. The number of hydrogen-bond acceptors (Lipinski definition) is 6. The maximum atomic E-state index is 8.87. The molecule has 0 amide bonds. The van der Waals surface area contributed by atoms with Crippen molar-refractivity contribution in [2.75, 3.05) is 20.3 Å². The van der Waals surface area contributed by atoms with Gasteiger partial charge < -0.3 is 19.9 Å². The number of hydrogen-bond donors (Lipinski definition) is 2. The number of aliphatic hydroxyl groups excluding tert-OH is 1. The van der Waals surface area contributed by atoms with Crippen LogP contribution in [0.1, 0.15) is 49.0 Å². The fourth-order valence-corrected chi connectivity index (χ4v) is 3.11. The molecule has 1 heterocycles. The number of nitrogens with zero attached hydrogens (tertiary/aromatic N) is 1. The molecular formula is C18H26N2O3S. The van der Waals surface area contributed by atoms with Crippen LogP contribution in [-0.4, -0.2) is 30.4 Å². The molecule has 1 atom stereocenters. The first-order chi connectivity index (χ1) is 11.5. The van der Waals surface area contributed by atoms with Crippen molar-refractivity contribution < 1.29 is 14.6 Å². The van der Waals surface area contributed by atoms with Gasteiger partial charge in [-0.1, -0.05) is 19.9 Å². The fraction of sp³-hybridized carbons (Fsp3) is 0.500. The Labute approximate surface area is 147 Å². The normalized spacial score (nSPS) is 12.4. The molecule has 0 aliphatic heterocycles. The molecule has 2 N–H and O–H groups in total. The van der Waals surface area contributed by atoms with Crippen molar-refractivity contribution in [3.63, 3.8) is 0 Å². The van der Waals surface area contributed by atoms with Gasteiger partial charge in [-0.2, -0.15) is 0 Å². The van der Waals surface area contributed by atoms with Gasteiger partial charge >= 0.3 is 0 Å². The summed E-state index contributed by atoms with van der Waals surface area (Å²) in [5, 5.41) is 15.6. The molecule has 2 rings (SSSR count). The Morgan fingerprint density at radius 2 is 2.04 bits per heavy atom. The van der Waals surface area contributed by atoms with Gasteiger partial charge in [0.1, 0.15) is 6.61 Å². The molecule has 0 radical (unpaired) electrons. The number of nitrogens with one attached hydrogen (secondary N) is 1. The van der Waals surface area contributed by atoms with Crippen molar-refractivity contribution in [3.8, 4) is 11.5 Å². The third kappa shape index (κ3) is 4.93. The van der Waals surface area contributed by atoms with Crippen LogP contribution < -0.4 is 14.8 Å². The highest BCUT2D eigenvalue weighted by Crippen LogP contribution is 2.30. The van der Waals surface area contributed by atoms with Gasteiger partial charge in [0.15, 0.2) is 11.5 Å². The Kier molecular flexibility index (Phi) is 7.02. The quantitative estimate of drug-likeness (QED) is 0.725. The van der Waals surface area contributed by atoms with E-state index < -0.39 is 0 Å². The highest BCUT2D eigenvalue weighted by atomic mass is 32.1. The molecule has 0 aliphatic carbocycles. The van der Waals surface area contributed by atoms with Crippen molar-refractivity contribution >= 4 is 11.3 Å². The van der Waals surface area contributed by atoms with E-state index in [4.69, 9.17) is 14.6 Å². The second kappa shape index (κ2) is 9.01. The average molecular weight is 350 g/mol. The molecule has 2 aromatic rings. The van der Waals surface area contributed by atoms with E-state index in [9.17, 15) is 0 Å². The highest BCUT2D eigenvalue weighted by molar-refractivity contribution is 7.09. The summed E-state index contributed by atoms with van der Waals surface area (Å²) in [4.78, 5) is 4.64. The van der Waals surface area contributed by atoms with Crippen LogP contribution in [0.2, 0.25) is 0 Å². The number of aromatic nitrogens is 1. The van der Waals surface area contributed by atoms with E-state index in [1.54, 1.807) is 18.4 Å². The van der Waals surface area contributed by atoms with Gasteiger partial charge in [-0.25, -0.2) is 4.98 Å². The second-order valence-corrected chi connectivity index (χ2v) is 6.81. The third-order valence-corrected chi connectivity index (χ3v) is 4.88. The first-order valence-electron chi connectivity index (χ1n) is 8.14. The topological polar surface area (TPSA) is 63.6 Å². The van der Waals surface area contributed by atoms with E-state index in [1.165, 1.54) is 5.01 Å². The average Bonchev–Trinajstić information content (AvgIpc) is 3.07. The largest absolute Gasteiger partial charge is 0.493 e. The summed E-state index contributed by atoms with van der Waals surface area (Å²) >= 11 is 1.71. The van der Waals surface area contributed by atoms with E-state index in [0.717, 1.165) is 17.8 Å². The van der Waals surface area contributed by atoms with Crippen molar-refractivity contribution in [2.45, 2.75) is 39.3 Å². The van der Waals surface area contributed by atoms with Gasteiger partial charge in [-0.15, -0.1) is 11.3 Å². The van der Waals surface area contributed by atoms with Crippen LogP contribution in [0, 0.1) is 0 Å². The van der Waals surface area contributed by atoms with Gasteiger partial charge in [0.05, 0.1) is 24.4 Å². The lowest BCUT2D eigenvalue weighted by atomic mass is 10.1. The van der Waals surface area contributed by atoms with Gasteiger partial charge in [0, 0.05) is 23.9 Å². The van der Waals surface area contributed by atoms with Crippen LogP contribution in [0.25, 0.3) is 0 Å². The van der Waals surface area contributed by atoms with Crippen LogP contribution in [-0.2, 0) is 6.54 Å². The molecule has 0 fully saturated rings. The zero-order valence-electron chi connectivity index (χ0n) is 14.7. The Morgan fingerprint density at radius 1 is 1.25 bits per heavy atom. The van der Waals surface area contributed by atoms with Crippen LogP contribution >= 0.6 is 11.3 Å². The minimum atomic E-state index is -0.0190. The molecular weight excluding hydrogens is 324 g/mol. The van der Waals surface area contributed by atoms with E-state index in [1.807, 2.05) is 18.2 Å². The van der Waals surface area contributed by atoms with Crippen LogP contribution in [0.4, 0.5) is 0 Å². The third-order valence-electron chi connectivity index (χ3n) is 3.69. The Morgan fingerprint density at radius 3 is 2.67 bits per heavy atom. The first-order valence-corrected chi connectivity index (χ1v) is 9.02. The van der Waals surface area contributed by atoms with Gasteiger partial charge in [0.25, 0.3) is 0 Å². The molecule has 0 saturated carbocycles. The minimum Gasteiger partial charge on any atom is -0.493 e. The summed E-state index contributed by atoms with van der Waals surface area (Å²) in [5.41, 5.74) is 2.19. The van der Waals surface area contributed by atoms with Crippen LogP contribution in [0.15, 0.2) is 23.6 Å². The molecule has 1 aromatic carbocycles. The lowest BCUT2D eigenvalue weighted by Crippen LogP contribution is -2.18. The van der Waals surface area contributed by atoms with E-state index in [-0.39, 0.29) is 19.3 Å². The number of methoxy groups -OCH3 is 1. The molecule has 0 saturated heterocycles. The second-order valence-electron chi connectivity index (χ2n) is 5.92. The maximum absolute atomic E-state index is 8.87. The monoisotopic (exact) mass is 350 g/mol. The molecule has 0 bridgehead atoms. The first kappa shape index (κ1) is 18.7. The highest BCUT2D eigenvalue weighted by Gasteiger charge is 2.12. The zero-order chi connectivity index (χ0) is 17.5. The zero-order valence-corrected chi connectivity index (χ0v) is 15.5. The Hall–Kier alpha value is -1.63. The molecule has 0 spiro atoms. The molecule has 24 heavy (non-hydrogen) atoms. The van der Waals surface area contributed by atoms with Crippen molar-refractivity contribution in [1.29, 1.82) is 0 Å². The molecule has 5 nitrogen and oxygen atoms in total. The predicted molar refractivity (Wildman–Crippen MR) is 97.0 cm³/mol. The van der Waals surface area contributed by atoms with Gasteiger partial charge in [0.2, 0.25) is 0 Å². The standard InChI is InChI=1S/C18H26N2O3S/c1-12(2)18-20-15(11-24-18)10-19-13(3)14-5-6-16(23-8-7-21)17(9-14)22-4/h5-6,9,11-13,19,21H,7-8,10H2,1-4H3/t13-/m0/s1. The summed E-state index contributed by atoms with van der Waals surface area (Å²) in [5.74, 6) is 1.78. The van der Waals surface area contributed by atoms with E-state index in [0.29, 0.717) is 17.4 Å². The SMILES string of the molecule is COc1cc([C@H](C)NCc2csc(C(C)C)n2)ccc1OCCO. The summed E-state index contributed by atoms with van der Waals surface area (Å²) in [6, 6.07) is 6.01. The molecule has 6 heteroatoms. The molecule has 0 aliphatic rings. The number of thiazole rings is 1. The van der Waals surface area contributed by atoms with Gasteiger partial charge in [-0.05, 0) is 24.6 Å². The lowest BCUT2D eigenvalue weighted by molar-refractivity contribution is 0.196. The van der Waals surface area contributed by atoms with Crippen molar-refractivity contribution in [3.05, 3.63) is 39.8 Å². The Balaban J connectivity index is 1.99. The van der Waals surface area contributed by atoms with Crippen molar-refractivity contribution in [2.24, 2.45) is 0 Å². The smallest absolute Gasteiger partial charge is 0.161 e. The number of rotatable bonds is 9. The fourth-order valence-electron chi connectivity index (χ4n) is 2.27. The molecule has 1 aromatic heterocycles. The lowest BCUT2D eigenvalue weighted by Gasteiger charge is -2.16. The van der Waals surface area contributed by atoms with E-state index >= 15 is 0 Å². The number of benzene rings is 1. The summed E-state index contributed by atoms with van der Waals surface area (Å²) in [6.45, 7) is 7.39. The maximum Gasteiger partial charge on any atom is 0.161 e.